The summed E-state index contributed by atoms with van der Waals surface area (Å²) in [6.07, 6.45) is 0.478. The van der Waals surface area contributed by atoms with Crippen molar-refractivity contribution in [2.24, 2.45) is 0 Å². The zero-order chi connectivity index (χ0) is 13.9. The van der Waals surface area contributed by atoms with Crippen LogP contribution < -0.4 is 4.72 Å². The highest BCUT2D eigenvalue weighted by Crippen LogP contribution is 2.10. The normalized spacial score (nSPS) is 11.7. The van der Waals surface area contributed by atoms with Crippen LogP contribution in [0.25, 0.3) is 0 Å². The van der Waals surface area contributed by atoms with Crippen LogP contribution in [0.3, 0.4) is 0 Å². The molecule has 0 spiro atoms. The molecule has 0 fully saturated rings. The van der Waals surface area contributed by atoms with E-state index in [-0.39, 0.29) is 11.4 Å². The number of sulfonamides is 1. The Labute approximate surface area is 112 Å². The summed E-state index contributed by atoms with van der Waals surface area (Å²) in [5.41, 5.74) is 1.81. The van der Waals surface area contributed by atoms with Gasteiger partial charge in [0.1, 0.15) is 5.76 Å². The maximum atomic E-state index is 12.0. The van der Waals surface area contributed by atoms with Crippen molar-refractivity contribution in [3.8, 4) is 0 Å². The fraction of sp³-hybridized carbons (Fsp3) is 0.308. The molecule has 0 aliphatic carbocycles. The van der Waals surface area contributed by atoms with Gasteiger partial charge in [-0.2, -0.15) is 0 Å². The molecule has 0 unspecified atom stereocenters. The highest BCUT2D eigenvalue weighted by atomic mass is 32.2. The molecule has 102 valence electrons. The van der Waals surface area contributed by atoms with Crippen molar-refractivity contribution in [3.63, 3.8) is 0 Å². The van der Waals surface area contributed by atoms with E-state index in [1.165, 1.54) is 0 Å². The summed E-state index contributed by atoms with van der Waals surface area (Å²) < 4.78 is 31.5. The summed E-state index contributed by atoms with van der Waals surface area (Å²) in [4.78, 5) is 0.270. The van der Waals surface area contributed by atoms with Gasteiger partial charge in [0.2, 0.25) is 10.0 Å². The van der Waals surface area contributed by atoms with E-state index < -0.39 is 10.0 Å². The van der Waals surface area contributed by atoms with Crippen molar-refractivity contribution in [3.05, 3.63) is 47.3 Å². The molecule has 19 heavy (non-hydrogen) atoms. The molecule has 1 aromatic heterocycles. The minimum atomic E-state index is -3.45. The van der Waals surface area contributed by atoms with Gasteiger partial charge in [-0.25, -0.2) is 13.1 Å². The van der Waals surface area contributed by atoms with Crippen molar-refractivity contribution >= 4 is 10.0 Å². The van der Waals surface area contributed by atoms with Gasteiger partial charge in [0, 0.05) is 19.0 Å². The maximum Gasteiger partial charge on any atom is 0.240 e. The third-order valence-corrected chi connectivity index (χ3v) is 4.15. The van der Waals surface area contributed by atoms with Gasteiger partial charge >= 0.3 is 0 Å². The maximum absolute atomic E-state index is 12.0. The summed E-state index contributed by atoms with van der Waals surface area (Å²) in [6.45, 7) is 4.02. The van der Waals surface area contributed by atoms with Gasteiger partial charge in [-0.05, 0) is 26.0 Å². The van der Waals surface area contributed by atoms with Crippen molar-refractivity contribution in [2.45, 2.75) is 25.2 Å². The van der Waals surface area contributed by atoms with Gasteiger partial charge in [0.15, 0.2) is 0 Å². The Morgan fingerprint density at radius 2 is 1.89 bits per heavy atom. The lowest BCUT2D eigenvalue weighted by Gasteiger charge is -2.05. The molecule has 1 aromatic carbocycles. The fourth-order valence-corrected chi connectivity index (χ4v) is 2.68. The van der Waals surface area contributed by atoms with E-state index in [1.54, 1.807) is 30.3 Å². The second-order valence-electron chi connectivity index (χ2n) is 4.40. The number of nitrogens with one attached hydrogen (secondary N) is 1. The predicted octanol–water partition coefficient (Wildman–Crippen LogP) is 1.81. The van der Waals surface area contributed by atoms with E-state index in [1.807, 2.05) is 13.8 Å². The molecule has 1 N–H and O–H groups in total. The summed E-state index contributed by atoms with van der Waals surface area (Å²) >= 11 is 0. The monoisotopic (exact) mass is 280 g/mol. The molecule has 0 atom stereocenters. The minimum absolute atomic E-state index is 0.270. The summed E-state index contributed by atoms with van der Waals surface area (Å²) in [5, 5.41) is 3.75. The van der Waals surface area contributed by atoms with Crippen LogP contribution in [-0.2, 0) is 16.4 Å². The summed E-state index contributed by atoms with van der Waals surface area (Å²) in [5.74, 6) is 0.670. The van der Waals surface area contributed by atoms with Crippen LogP contribution in [0.1, 0.15) is 17.0 Å². The Kier molecular flexibility index (Phi) is 4.01. The third kappa shape index (κ3) is 3.65. The Morgan fingerprint density at radius 1 is 1.21 bits per heavy atom. The smallest absolute Gasteiger partial charge is 0.240 e. The van der Waals surface area contributed by atoms with Crippen LogP contribution in [-0.4, -0.2) is 20.1 Å². The van der Waals surface area contributed by atoms with Crippen molar-refractivity contribution in [1.82, 2.24) is 9.88 Å². The van der Waals surface area contributed by atoms with E-state index in [9.17, 15) is 8.42 Å². The van der Waals surface area contributed by atoms with E-state index in [0.29, 0.717) is 12.2 Å². The molecule has 1 heterocycles. The number of nitrogens with zero attached hydrogens (tertiary/aromatic N) is 1. The van der Waals surface area contributed by atoms with Gasteiger partial charge in [0.25, 0.3) is 0 Å². The quantitative estimate of drug-likeness (QED) is 0.906. The van der Waals surface area contributed by atoms with Gasteiger partial charge in [-0.3, -0.25) is 0 Å². The second-order valence-corrected chi connectivity index (χ2v) is 6.16. The van der Waals surface area contributed by atoms with Crippen LogP contribution >= 0.6 is 0 Å². The third-order valence-electron chi connectivity index (χ3n) is 2.67. The van der Waals surface area contributed by atoms with Crippen LogP contribution in [0.15, 0.2) is 39.8 Å². The average molecular weight is 280 g/mol. The topological polar surface area (TPSA) is 72.2 Å². The Morgan fingerprint density at radius 3 is 2.47 bits per heavy atom. The molecule has 5 nitrogen and oxygen atoms in total. The van der Waals surface area contributed by atoms with Crippen LogP contribution in [0.5, 0.6) is 0 Å². The van der Waals surface area contributed by atoms with Gasteiger partial charge < -0.3 is 4.52 Å². The molecule has 0 saturated carbocycles. The van der Waals surface area contributed by atoms with Crippen molar-refractivity contribution in [2.75, 3.05) is 6.54 Å². The van der Waals surface area contributed by atoms with E-state index in [0.717, 1.165) is 11.3 Å². The zero-order valence-electron chi connectivity index (χ0n) is 10.9. The number of benzene rings is 1. The predicted molar refractivity (Wildman–Crippen MR) is 71.3 cm³/mol. The Bertz CT molecular complexity index is 645. The number of aromatic nitrogens is 1. The number of rotatable bonds is 5. The molecule has 0 bridgehead atoms. The summed E-state index contributed by atoms with van der Waals surface area (Å²) in [7, 11) is -3.45. The molecule has 2 rings (SSSR count). The molecule has 0 radical (unpaired) electrons. The number of aryl methyl sites for hydroxylation is 2. The van der Waals surface area contributed by atoms with Gasteiger partial charge in [-0.1, -0.05) is 22.9 Å². The Balaban J connectivity index is 1.96. The van der Waals surface area contributed by atoms with Crippen molar-refractivity contribution in [1.29, 1.82) is 0 Å². The first kappa shape index (κ1) is 13.8. The largest absolute Gasteiger partial charge is 0.361 e. The van der Waals surface area contributed by atoms with Crippen LogP contribution in [0.2, 0.25) is 0 Å². The molecular weight excluding hydrogens is 264 g/mol. The first-order valence-electron chi connectivity index (χ1n) is 5.96. The van der Waals surface area contributed by atoms with Gasteiger partial charge in [0.05, 0.1) is 10.6 Å². The Hall–Kier alpha value is -1.66. The lowest BCUT2D eigenvalue weighted by Crippen LogP contribution is -2.25. The van der Waals surface area contributed by atoms with E-state index in [4.69, 9.17) is 4.52 Å². The lowest BCUT2D eigenvalue weighted by molar-refractivity contribution is 0.379. The van der Waals surface area contributed by atoms with E-state index >= 15 is 0 Å². The van der Waals surface area contributed by atoms with Crippen LogP contribution in [0.4, 0.5) is 0 Å². The first-order chi connectivity index (χ1) is 8.97. The molecular formula is C13H16N2O3S. The first-order valence-corrected chi connectivity index (χ1v) is 7.44. The highest BCUT2D eigenvalue weighted by molar-refractivity contribution is 7.89. The van der Waals surface area contributed by atoms with Crippen LogP contribution in [0, 0.1) is 13.8 Å². The standard InChI is InChI=1S/C13H16N2O3S/c1-10-3-5-13(6-4-10)19(16,17)14-8-7-12-9-11(2)15-18-12/h3-6,9,14H,7-8H2,1-2H3. The number of hydrogen-bond acceptors (Lipinski definition) is 4. The molecule has 0 aliphatic rings. The molecule has 0 amide bonds. The molecule has 2 aromatic rings. The van der Waals surface area contributed by atoms with E-state index in [2.05, 4.69) is 9.88 Å². The van der Waals surface area contributed by atoms with Gasteiger partial charge in [-0.15, -0.1) is 0 Å². The summed E-state index contributed by atoms with van der Waals surface area (Å²) in [6, 6.07) is 8.52. The average Bonchev–Trinajstić information content (AvgIpc) is 2.75. The number of hydrogen-bond donors (Lipinski definition) is 1. The fourth-order valence-electron chi connectivity index (χ4n) is 1.64. The highest BCUT2D eigenvalue weighted by Gasteiger charge is 2.13. The molecule has 0 saturated heterocycles. The van der Waals surface area contributed by atoms with Crippen molar-refractivity contribution < 1.29 is 12.9 Å². The minimum Gasteiger partial charge on any atom is -0.361 e. The molecule has 0 aliphatic heterocycles. The second kappa shape index (κ2) is 5.54. The zero-order valence-corrected chi connectivity index (χ0v) is 11.7. The molecule has 6 heteroatoms. The SMILES string of the molecule is Cc1ccc(S(=O)(=O)NCCc2cc(C)no2)cc1. The lowest BCUT2D eigenvalue weighted by atomic mass is 10.2.